The molecule has 3 heterocycles. The predicted molar refractivity (Wildman–Crippen MR) is 98.5 cm³/mol. The molecule has 1 aromatic carbocycles. The Labute approximate surface area is 157 Å². The van der Waals surface area contributed by atoms with Gasteiger partial charge in [-0.15, -0.1) is 0 Å². The summed E-state index contributed by atoms with van der Waals surface area (Å²) in [7, 11) is 0. The van der Waals surface area contributed by atoms with Crippen molar-refractivity contribution in [1.29, 1.82) is 0 Å². The number of nitrogens with zero attached hydrogens (tertiary/aromatic N) is 5. The molecule has 0 bridgehead atoms. The zero-order chi connectivity index (χ0) is 18.5. The Bertz CT molecular complexity index is 861. The highest BCUT2D eigenvalue weighted by atomic mass is 16.5. The molecule has 27 heavy (non-hydrogen) atoms. The summed E-state index contributed by atoms with van der Waals surface area (Å²) >= 11 is 0. The van der Waals surface area contributed by atoms with E-state index in [9.17, 15) is 4.79 Å². The minimum absolute atomic E-state index is 0.0867. The van der Waals surface area contributed by atoms with Gasteiger partial charge in [0.2, 0.25) is 0 Å². The van der Waals surface area contributed by atoms with Crippen molar-refractivity contribution in [3.63, 3.8) is 0 Å². The highest BCUT2D eigenvalue weighted by molar-refractivity contribution is 5.74. The first kappa shape index (κ1) is 17.3. The van der Waals surface area contributed by atoms with Gasteiger partial charge in [-0.1, -0.05) is 23.4 Å². The number of benzene rings is 1. The van der Waals surface area contributed by atoms with E-state index >= 15 is 0 Å². The van der Waals surface area contributed by atoms with Crippen LogP contribution in [0.3, 0.4) is 0 Å². The number of imidazole rings is 1. The van der Waals surface area contributed by atoms with Crippen molar-refractivity contribution in [3.8, 4) is 11.5 Å². The number of carbonyl (C=O) groups excluding carboxylic acids is 1. The van der Waals surface area contributed by atoms with Gasteiger partial charge < -0.3 is 19.3 Å². The summed E-state index contributed by atoms with van der Waals surface area (Å²) < 4.78 is 7.34. The first-order valence-corrected chi connectivity index (χ1v) is 9.14. The molecule has 0 unspecified atom stereocenters. The molecule has 8 heteroatoms. The summed E-state index contributed by atoms with van der Waals surface area (Å²) in [6.45, 7) is 2.65. The van der Waals surface area contributed by atoms with Gasteiger partial charge in [-0.05, 0) is 30.9 Å². The van der Waals surface area contributed by atoms with Crippen molar-refractivity contribution < 1.29 is 9.32 Å². The minimum Gasteiger partial charge on any atom is -0.337 e. The third-order valence-electron chi connectivity index (χ3n) is 4.72. The number of hydrogen-bond donors (Lipinski definition) is 1. The van der Waals surface area contributed by atoms with Crippen molar-refractivity contribution >= 4 is 6.03 Å². The lowest BCUT2D eigenvalue weighted by atomic mass is 9.98. The van der Waals surface area contributed by atoms with Crippen molar-refractivity contribution in [1.82, 2.24) is 29.9 Å². The average molecular weight is 366 g/mol. The molecule has 2 amide bonds. The van der Waals surface area contributed by atoms with Gasteiger partial charge in [0.15, 0.2) is 5.82 Å². The number of carbonyl (C=O) groups is 1. The molecule has 0 radical (unpaired) electrons. The number of aromatic nitrogens is 4. The van der Waals surface area contributed by atoms with E-state index in [0.717, 1.165) is 38.0 Å². The zero-order valence-corrected chi connectivity index (χ0v) is 15.0. The highest BCUT2D eigenvalue weighted by Crippen LogP contribution is 2.19. The van der Waals surface area contributed by atoms with Gasteiger partial charge in [0.05, 0.1) is 12.9 Å². The van der Waals surface area contributed by atoms with Crippen LogP contribution in [0.15, 0.2) is 53.6 Å². The van der Waals surface area contributed by atoms with E-state index in [0.29, 0.717) is 17.6 Å². The molecule has 4 rings (SSSR count). The largest absolute Gasteiger partial charge is 0.337 e. The van der Waals surface area contributed by atoms with E-state index in [1.54, 1.807) is 6.20 Å². The number of likely N-dealkylation sites (tertiary alicyclic amines) is 1. The molecular formula is C19H22N6O2. The van der Waals surface area contributed by atoms with Crippen LogP contribution in [-0.2, 0) is 13.1 Å². The van der Waals surface area contributed by atoms with Gasteiger partial charge in [-0.2, -0.15) is 4.98 Å². The Balaban J connectivity index is 1.29. The Hall–Kier alpha value is -3.16. The molecule has 2 aromatic heterocycles. The highest BCUT2D eigenvalue weighted by Gasteiger charge is 2.24. The van der Waals surface area contributed by atoms with Gasteiger partial charge in [-0.3, -0.25) is 0 Å². The molecule has 0 aliphatic carbocycles. The van der Waals surface area contributed by atoms with Crippen LogP contribution < -0.4 is 5.32 Å². The molecule has 8 nitrogen and oxygen atoms in total. The molecule has 1 fully saturated rings. The average Bonchev–Trinajstić information content (AvgIpc) is 3.39. The topological polar surface area (TPSA) is 89.1 Å². The lowest BCUT2D eigenvalue weighted by Gasteiger charge is -2.32. The molecular weight excluding hydrogens is 344 g/mol. The number of urea groups is 1. The lowest BCUT2D eigenvalue weighted by Crippen LogP contribution is -2.46. The van der Waals surface area contributed by atoms with Crippen molar-refractivity contribution in [2.45, 2.75) is 25.9 Å². The predicted octanol–water partition coefficient (Wildman–Crippen LogP) is 2.55. The number of piperidine rings is 1. The molecule has 1 atom stereocenters. The van der Waals surface area contributed by atoms with E-state index in [4.69, 9.17) is 4.52 Å². The third-order valence-corrected chi connectivity index (χ3v) is 4.72. The van der Waals surface area contributed by atoms with Gasteiger partial charge in [0.1, 0.15) is 0 Å². The maximum atomic E-state index is 12.5. The Morgan fingerprint density at radius 1 is 1.30 bits per heavy atom. The van der Waals surface area contributed by atoms with E-state index in [1.165, 1.54) is 0 Å². The fourth-order valence-corrected chi connectivity index (χ4v) is 3.38. The molecule has 1 aliphatic heterocycles. The van der Waals surface area contributed by atoms with Gasteiger partial charge in [-0.25, -0.2) is 9.78 Å². The van der Waals surface area contributed by atoms with Gasteiger partial charge in [0, 0.05) is 37.6 Å². The van der Waals surface area contributed by atoms with E-state index < -0.39 is 0 Å². The van der Waals surface area contributed by atoms with E-state index in [1.807, 2.05) is 47.8 Å². The number of rotatable bonds is 5. The zero-order valence-electron chi connectivity index (χ0n) is 15.0. The summed E-state index contributed by atoms with van der Waals surface area (Å²) in [5.41, 5.74) is 0.862. The lowest BCUT2D eigenvalue weighted by molar-refractivity contribution is 0.158. The van der Waals surface area contributed by atoms with E-state index in [2.05, 4.69) is 25.0 Å². The maximum Gasteiger partial charge on any atom is 0.317 e. The second kappa shape index (κ2) is 8.03. The van der Waals surface area contributed by atoms with Crippen molar-refractivity contribution in [2.24, 2.45) is 5.92 Å². The summed E-state index contributed by atoms with van der Waals surface area (Å²) in [4.78, 5) is 22.8. The number of nitrogens with one attached hydrogen (secondary N) is 1. The monoisotopic (exact) mass is 366 g/mol. The standard InChI is InChI=1S/C19H22N6O2/c26-19(25-9-4-5-15(13-25)12-24-10-8-20-14-24)21-11-17-22-18(27-23-17)16-6-2-1-3-7-16/h1-3,6-8,10,14-15H,4-5,9,11-13H2,(H,21,26)/t15-/m0/s1. The first-order chi connectivity index (χ1) is 13.3. The van der Waals surface area contributed by atoms with Crippen LogP contribution in [0.5, 0.6) is 0 Å². The van der Waals surface area contributed by atoms with Crippen LogP contribution in [0, 0.1) is 5.92 Å². The number of amides is 2. The second-order valence-corrected chi connectivity index (χ2v) is 6.75. The van der Waals surface area contributed by atoms with Crippen LogP contribution in [-0.4, -0.2) is 43.7 Å². The minimum atomic E-state index is -0.0867. The first-order valence-electron chi connectivity index (χ1n) is 9.14. The molecule has 0 spiro atoms. The van der Waals surface area contributed by atoms with Crippen LogP contribution in [0.25, 0.3) is 11.5 Å². The summed E-state index contributed by atoms with van der Waals surface area (Å²) in [5, 5.41) is 6.84. The van der Waals surface area contributed by atoms with E-state index in [-0.39, 0.29) is 12.6 Å². The maximum absolute atomic E-state index is 12.5. The molecule has 140 valence electrons. The Kier molecular flexibility index (Phi) is 5.13. The van der Waals surface area contributed by atoms with Crippen molar-refractivity contribution in [2.75, 3.05) is 13.1 Å². The normalized spacial score (nSPS) is 17.0. The van der Waals surface area contributed by atoms with Gasteiger partial charge >= 0.3 is 6.03 Å². The van der Waals surface area contributed by atoms with Gasteiger partial charge in [0.25, 0.3) is 5.89 Å². The third kappa shape index (κ3) is 4.33. The fraction of sp³-hybridized carbons (Fsp3) is 0.368. The van der Waals surface area contributed by atoms with Crippen LogP contribution in [0.2, 0.25) is 0 Å². The molecule has 3 aromatic rings. The molecule has 1 saturated heterocycles. The SMILES string of the molecule is O=C(NCc1noc(-c2ccccc2)n1)N1CCC[C@@H](Cn2ccnc2)C1. The van der Waals surface area contributed by atoms with Crippen LogP contribution in [0.4, 0.5) is 4.79 Å². The molecule has 1 aliphatic rings. The number of hydrogen-bond acceptors (Lipinski definition) is 5. The second-order valence-electron chi connectivity index (χ2n) is 6.75. The fourth-order valence-electron chi connectivity index (χ4n) is 3.38. The quantitative estimate of drug-likeness (QED) is 0.750. The summed E-state index contributed by atoms with van der Waals surface area (Å²) in [6, 6.07) is 9.49. The molecule has 0 saturated carbocycles. The van der Waals surface area contributed by atoms with Crippen molar-refractivity contribution in [3.05, 3.63) is 54.9 Å². The smallest absolute Gasteiger partial charge is 0.317 e. The Morgan fingerprint density at radius 3 is 3.00 bits per heavy atom. The Morgan fingerprint density at radius 2 is 2.19 bits per heavy atom. The molecule has 1 N–H and O–H groups in total. The van der Waals surface area contributed by atoms with Crippen LogP contribution in [0.1, 0.15) is 18.7 Å². The summed E-state index contributed by atoms with van der Waals surface area (Å²) in [5.74, 6) is 1.36. The van der Waals surface area contributed by atoms with Crippen LogP contribution >= 0.6 is 0 Å². The summed E-state index contributed by atoms with van der Waals surface area (Å²) in [6.07, 6.45) is 7.68.